The Morgan fingerprint density at radius 1 is 1.19 bits per heavy atom. The zero-order chi connectivity index (χ0) is 22.5. The van der Waals surface area contributed by atoms with Gasteiger partial charge < -0.3 is 15.4 Å². The maximum absolute atomic E-state index is 14.9. The van der Waals surface area contributed by atoms with Gasteiger partial charge in [0.05, 0.1) is 18.8 Å². The van der Waals surface area contributed by atoms with E-state index in [-0.39, 0.29) is 19.0 Å². The number of amides is 2. The fourth-order valence-corrected chi connectivity index (χ4v) is 4.22. The van der Waals surface area contributed by atoms with E-state index in [4.69, 9.17) is 4.74 Å². The van der Waals surface area contributed by atoms with Crippen LogP contribution in [0.25, 0.3) is 11.1 Å². The Morgan fingerprint density at radius 3 is 2.69 bits per heavy atom. The molecule has 0 aliphatic carbocycles. The molecule has 2 aromatic carbocycles. The zero-order valence-electron chi connectivity index (χ0n) is 17.6. The molecule has 1 aliphatic heterocycles. The van der Waals surface area contributed by atoms with Gasteiger partial charge in [0.25, 0.3) is 0 Å². The molecule has 3 aromatic rings. The average Bonchev–Trinajstić information content (AvgIpc) is 3.42. The first kappa shape index (κ1) is 22.0. The molecule has 0 saturated carbocycles. The number of benzene rings is 2. The van der Waals surface area contributed by atoms with Gasteiger partial charge in [-0.25, -0.2) is 9.18 Å². The second kappa shape index (κ2) is 9.93. The van der Waals surface area contributed by atoms with Crippen LogP contribution < -0.4 is 15.5 Å². The standard InChI is InChI=1S/C24H24FN3O3S/c1-16(29)27-13-20-15-28(24(30)31-20)19-8-9-22(23(25)11-19)18-6-4-17(5-7-18)12-26-14-21-3-2-10-32-21/h2-11,20,26H,12-15H2,1H3,(H,27,29)/t20-/m0/s1. The number of hydrogen-bond donors (Lipinski definition) is 2. The number of anilines is 1. The Kier molecular flexibility index (Phi) is 6.82. The molecule has 0 radical (unpaired) electrons. The highest BCUT2D eigenvalue weighted by molar-refractivity contribution is 7.09. The van der Waals surface area contributed by atoms with E-state index in [1.165, 1.54) is 22.8 Å². The minimum absolute atomic E-state index is 0.195. The van der Waals surface area contributed by atoms with Gasteiger partial charge >= 0.3 is 6.09 Å². The van der Waals surface area contributed by atoms with Crippen molar-refractivity contribution in [2.45, 2.75) is 26.1 Å². The summed E-state index contributed by atoms with van der Waals surface area (Å²) in [5.41, 5.74) is 2.78. The van der Waals surface area contributed by atoms with Crippen LogP contribution in [0, 0.1) is 5.82 Å². The van der Waals surface area contributed by atoms with E-state index in [1.54, 1.807) is 23.5 Å². The molecule has 1 aliphatic rings. The van der Waals surface area contributed by atoms with E-state index < -0.39 is 18.0 Å². The highest BCUT2D eigenvalue weighted by atomic mass is 32.1. The first-order valence-corrected chi connectivity index (χ1v) is 11.2. The normalized spacial score (nSPS) is 15.6. The number of halogens is 1. The van der Waals surface area contributed by atoms with E-state index in [0.717, 1.165) is 24.2 Å². The van der Waals surface area contributed by atoms with Crippen molar-refractivity contribution in [3.63, 3.8) is 0 Å². The number of thiophene rings is 1. The number of hydrogen-bond acceptors (Lipinski definition) is 5. The molecule has 4 rings (SSSR count). The van der Waals surface area contributed by atoms with Crippen molar-refractivity contribution in [3.05, 3.63) is 76.2 Å². The SMILES string of the molecule is CC(=O)NC[C@H]1CN(c2ccc(-c3ccc(CNCc4cccs4)cc3)c(F)c2)C(=O)O1. The van der Waals surface area contributed by atoms with Gasteiger partial charge in [-0.3, -0.25) is 9.69 Å². The second-order valence-electron chi connectivity index (χ2n) is 7.60. The second-order valence-corrected chi connectivity index (χ2v) is 8.63. The van der Waals surface area contributed by atoms with Crippen molar-refractivity contribution in [3.8, 4) is 11.1 Å². The first-order chi connectivity index (χ1) is 15.5. The Labute approximate surface area is 190 Å². The molecule has 8 heteroatoms. The van der Waals surface area contributed by atoms with Gasteiger partial charge in [0, 0.05) is 30.5 Å². The number of nitrogens with zero attached hydrogens (tertiary/aromatic N) is 1. The Morgan fingerprint density at radius 2 is 2.00 bits per heavy atom. The lowest BCUT2D eigenvalue weighted by molar-refractivity contribution is -0.119. The van der Waals surface area contributed by atoms with Crippen molar-refractivity contribution in [1.29, 1.82) is 0 Å². The minimum Gasteiger partial charge on any atom is -0.442 e. The maximum Gasteiger partial charge on any atom is 0.414 e. The molecule has 0 unspecified atom stereocenters. The van der Waals surface area contributed by atoms with Crippen LogP contribution >= 0.6 is 11.3 Å². The van der Waals surface area contributed by atoms with Crippen molar-refractivity contribution in [1.82, 2.24) is 10.6 Å². The van der Waals surface area contributed by atoms with Crippen LogP contribution in [0.1, 0.15) is 17.4 Å². The maximum atomic E-state index is 14.9. The third-order valence-electron chi connectivity index (χ3n) is 5.19. The summed E-state index contributed by atoms with van der Waals surface area (Å²) >= 11 is 1.72. The molecule has 0 bridgehead atoms. The number of carbonyl (C=O) groups excluding carboxylic acids is 2. The van der Waals surface area contributed by atoms with E-state index >= 15 is 0 Å². The molecule has 2 heterocycles. The molecule has 1 aromatic heterocycles. The lowest BCUT2D eigenvalue weighted by Gasteiger charge is -2.15. The van der Waals surface area contributed by atoms with Crippen LogP contribution in [0.4, 0.5) is 14.9 Å². The van der Waals surface area contributed by atoms with Crippen LogP contribution in [-0.4, -0.2) is 31.2 Å². The summed E-state index contributed by atoms with van der Waals surface area (Å²) in [6, 6.07) is 16.6. The zero-order valence-corrected chi connectivity index (χ0v) is 18.5. The van der Waals surface area contributed by atoms with Gasteiger partial charge in [-0.15, -0.1) is 11.3 Å². The van der Waals surface area contributed by atoms with Crippen LogP contribution in [0.5, 0.6) is 0 Å². The largest absolute Gasteiger partial charge is 0.442 e. The van der Waals surface area contributed by atoms with Gasteiger partial charge in [-0.1, -0.05) is 30.3 Å². The summed E-state index contributed by atoms with van der Waals surface area (Å²) in [6.07, 6.45) is -1.01. The monoisotopic (exact) mass is 453 g/mol. The van der Waals surface area contributed by atoms with Gasteiger partial charge in [0.1, 0.15) is 11.9 Å². The summed E-state index contributed by atoms with van der Waals surface area (Å²) in [7, 11) is 0. The molecule has 1 atom stereocenters. The van der Waals surface area contributed by atoms with Gasteiger partial charge in [0.2, 0.25) is 5.91 Å². The number of rotatable bonds is 8. The molecule has 6 nitrogen and oxygen atoms in total. The lowest BCUT2D eigenvalue weighted by Crippen LogP contribution is -2.33. The summed E-state index contributed by atoms with van der Waals surface area (Å²) < 4.78 is 20.1. The minimum atomic E-state index is -0.549. The van der Waals surface area contributed by atoms with E-state index in [0.29, 0.717) is 11.3 Å². The van der Waals surface area contributed by atoms with E-state index in [1.807, 2.05) is 30.3 Å². The molecule has 2 amide bonds. The topological polar surface area (TPSA) is 70.7 Å². The Balaban J connectivity index is 1.38. The average molecular weight is 454 g/mol. The smallest absolute Gasteiger partial charge is 0.414 e. The van der Waals surface area contributed by atoms with Crippen molar-refractivity contribution in [2.75, 3.05) is 18.0 Å². The molecular weight excluding hydrogens is 429 g/mol. The molecule has 2 N–H and O–H groups in total. The first-order valence-electron chi connectivity index (χ1n) is 10.3. The van der Waals surface area contributed by atoms with Gasteiger partial charge in [0.15, 0.2) is 0 Å². The van der Waals surface area contributed by atoms with Gasteiger partial charge in [-0.05, 0) is 40.8 Å². The Bertz CT molecular complexity index is 1090. The fourth-order valence-electron chi connectivity index (χ4n) is 3.55. The summed E-state index contributed by atoms with van der Waals surface area (Å²) in [4.78, 5) is 25.9. The van der Waals surface area contributed by atoms with E-state index in [9.17, 15) is 14.0 Å². The van der Waals surface area contributed by atoms with Crippen molar-refractivity contribution < 1.29 is 18.7 Å². The van der Waals surface area contributed by atoms with Crippen LogP contribution in [-0.2, 0) is 22.6 Å². The van der Waals surface area contributed by atoms with Gasteiger partial charge in [-0.2, -0.15) is 0 Å². The Hall–Kier alpha value is -3.23. The third kappa shape index (κ3) is 5.33. The fraction of sp³-hybridized carbons (Fsp3) is 0.250. The molecule has 32 heavy (non-hydrogen) atoms. The summed E-state index contributed by atoms with van der Waals surface area (Å²) in [6.45, 7) is 3.44. The molecule has 1 saturated heterocycles. The summed E-state index contributed by atoms with van der Waals surface area (Å²) in [5.74, 6) is -0.608. The number of cyclic esters (lactones) is 1. The quantitative estimate of drug-likeness (QED) is 0.533. The number of carbonyl (C=O) groups is 2. The van der Waals surface area contributed by atoms with Crippen LogP contribution in [0.2, 0.25) is 0 Å². The summed E-state index contributed by atoms with van der Waals surface area (Å²) in [5, 5.41) is 8.08. The molecule has 0 spiro atoms. The van der Waals surface area contributed by atoms with Crippen molar-refractivity contribution in [2.24, 2.45) is 0 Å². The third-order valence-corrected chi connectivity index (χ3v) is 6.07. The van der Waals surface area contributed by atoms with Crippen LogP contribution in [0.15, 0.2) is 60.0 Å². The molecule has 166 valence electrons. The number of nitrogens with one attached hydrogen (secondary N) is 2. The highest BCUT2D eigenvalue weighted by Gasteiger charge is 2.32. The van der Waals surface area contributed by atoms with Crippen LogP contribution in [0.3, 0.4) is 0 Å². The number of ether oxygens (including phenoxy) is 1. The predicted octanol–water partition coefficient (Wildman–Crippen LogP) is 4.31. The molecule has 1 fully saturated rings. The van der Waals surface area contributed by atoms with Crippen molar-refractivity contribution >= 4 is 29.0 Å². The highest BCUT2D eigenvalue weighted by Crippen LogP contribution is 2.29. The molecular formula is C24H24FN3O3S. The lowest BCUT2D eigenvalue weighted by atomic mass is 10.0. The van der Waals surface area contributed by atoms with E-state index in [2.05, 4.69) is 22.1 Å². The predicted molar refractivity (Wildman–Crippen MR) is 123 cm³/mol.